The Morgan fingerprint density at radius 2 is 1.96 bits per heavy atom. The third-order valence-electron chi connectivity index (χ3n) is 4.18. The molecule has 0 unspecified atom stereocenters. The molecule has 3 aliphatic rings. The number of rotatable bonds is 3. The molecule has 6 rings (SSSR count). The molecule has 3 aromatic rings. The minimum atomic E-state index is 0.865. The van der Waals surface area contributed by atoms with E-state index >= 15 is 0 Å². The van der Waals surface area contributed by atoms with Crippen LogP contribution in [-0.2, 0) is 0 Å². The van der Waals surface area contributed by atoms with E-state index in [1.807, 2.05) is 60.4 Å². The van der Waals surface area contributed by atoms with Gasteiger partial charge in [0.2, 0.25) is 0 Å². The third-order valence-corrected chi connectivity index (χ3v) is 4.18. The second-order valence-corrected chi connectivity index (χ2v) is 5.58. The van der Waals surface area contributed by atoms with Crippen LogP contribution in [0.25, 0.3) is 27.9 Å². The molecular weight excluding hydrogens is 316 g/mol. The Bertz CT molecular complexity index is 1010. The van der Waals surface area contributed by atoms with E-state index < -0.39 is 0 Å². The van der Waals surface area contributed by atoms with Crippen LogP contribution in [0.15, 0.2) is 65.4 Å². The molecule has 4 heterocycles. The van der Waals surface area contributed by atoms with Crippen molar-refractivity contribution in [2.75, 3.05) is 19.5 Å². The number of nitrogens with one attached hydrogen (secondary N) is 2. The van der Waals surface area contributed by atoms with E-state index in [1.54, 1.807) is 13.3 Å². The van der Waals surface area contributed by atoms with Crippen LogP contribution in [0.1, 0.15) is 0 Å². The second kappa shape index (κ2) is 6.24. The Hall–Kier alpha value is -3.41. The Labute approximate surface area is 144 Å². The minimum absolute atomic E-state index is 0.865. The maximum absolute atomic E-state index is 5.13. The lowest BCUT2D eigenvalue weighted by Crippen LogP contribution is -2.02. The summed E-state index contributed by atoms with van der Waals surface area (Å²) in [6.45, 7) is 0. The predicted octanol–water partition coefficient (Wildman–Crippen LogP) is 4.23. The van der Waals surface area contributed by atoms with Gasteiger partial charge < -0.3 is 14.6 Å². The van der Waals surface area contributed by atoms with Gasteiger partial charge in [0.05, 0.1) is 24.5 Å². The fourth-order valence-electron chi connectivity index (χ4n) is 2.79. The van der Waals surface area contributed by atoms with Gasteiger partial charge in [0.25, 0.3) is 0 Å². The molecule has 0 aliphatic carbocycles. The van der Waals surface area contributed by atoms with E-state index in [4.69, 9.17) is 9.26 Å². The first kappa shape index (κ1) is 15.1. The number of aromatic nitrogens is 3. The van der Waals surface area contributed by atoms with Crippen molar-refractivity contribution >= 4 is 16.8 Å². The number of hydrogen-bond donors (Lipinski definition) is 2. The van der Waals surface area contributed by atoms with Gasteiger partial charge in [-0.1, -0.05) is 12.1 Å². The van der Waals surface area contributed by atoms with Crippen LogP contribution in [0.5, 0.6) is 5.75 Å². The van der Waals surface area contributed by atoms with Gasteiger partial charge in [0, 0.05) is 18.8 Å². The lowest BCUT2D eigenvalue weighted by atomic mass is 10.1. The molecule has 0 amide bonds. The fraction of sp³-hybridized carbons (Fsp3) is 0.105. The fourth-order valence-corrected chi connectivity index (χ4v) is 2.79. The highest BCUT2D eigenvalue weighted by atomic mass is 16.5. The zero-order chi connectivity index (χ0) is 17.2. The normalized spacial score (nSPS) is 10.8. The molecule has 4 bridgehead atoms. The first-order valence-electron chi connectivity index (χ1n) is 7.93. The first-order chi connectivity index (χ1) is 12.3. The predicted molar refractivity (Wildman–Crippen MR) is 98.0 cm³/mol. The van der Waals surface area contributed by atoms with Crippen LogP contribution in [0, 0.1) is 0 Å². The lowest BCUT2D eigenvalue weighted by Gasteiger charge is -2.08. The zero-order valence-corrected chi connectivity index (χ0v) is 14.0. The summed E-state index contributed by atoms with van der Waals surface area (Å²) in [4.78, 5) is 4.09. The summed E-state index contributed by atoms with van der Waals surface area (Å²) in [5.41, 5.74) is 6.55. The molecule has 2 aromatic carbocycles. The number of pyridine rings is 2. The van der Waals surface area contributed by atoms with Crippen molar-refractivity contribution in [2.24, 2.45) is 0 Å². The molecule has 0 atom stereocenters. The van der Waals surface area contributed by atoms with Gasteiger partial charge >= 0.3 is 0 Å². The van der Waals surface area contributed by atoms with Crippen LogP contribution in [0.3, 0.4) is 0 Å². The molecule has 3 aliphatic heterocycles. The number of hydrogen-bond acceptors (Lipinski definition) is 4. The quantitative estimate of drug-likeness (QED) is 0.518. The lowest BCUT2D eigenvalue weighted by molar-refractivity contribution is 0.409. The summed E-state index contributed by atoms with van der Waals surface area (Å²) in [6, 6.07) is 16.0. The van der Waals surface area contributed by atoms with Gasteiger partial charge in [-0.05, 0) is 42.0 Å². The van der Waals surface area contributed by atoms with E-state index in [2.05, 4.69) is 21.6 Å². The summed E-state index contributed by atoms with van der Waals surface area (Å²) in [5.74, 6) is 0.865. The molecule has 0 spiro atoms. The number of aromatic amines is 1. The highest BCUT2D eigenvalue weighted by Gasteiger charge is 2.15. The van der Waals surface area contributed by atoms with Crippen molar-refractivity contribution in [3.8, 4) is 22.6 Å². The van der Waals surface area contributed by atoms with Crippen LogP contribution in [-0.4, -0.2) is 29.1 Å². The highest BCUT2D eigenvalue weighted by molar-refractivity contribution is 5.78. The molecule has 25 heavy (non-hydrogen) atoms. The maximum atomic E-state index is 5.13. The summed E-state index contributed by atoms with van der Waals surface area (Å²) < 4.78 is 12.1. The van der Waals surface area contributed by atoms with E-state index in [0.29, 0.717) is 0 Å². The number of nitrogens with zero attached hydrogens (tertiary/aromatic N) is 2. The number of benzene rings is 2. The van der Waals surface area contributed by atoms with Crippen molar-refractivity contribution < 1.29 is 9.26 Å². The summed E-state index contributed by atoms with van der Waals surface area (Å²) in [5, 5.41) is 5.88. The third kappa shape index (κ3) is 2.67. The molecule has 126 valence electrons. The van der Waals surface area contributed by atoms with Crippen LogP contribution < -0.4 is 10.1 Å². The summed E-state index contributed by atoms with van der Waals surface area (Å²) in [6.07, 6.45) is 3.61. The van der Waals surface area contributed by atoms with Crippen LogP contribution >= 0.6 is 0 Å². The summed E-state index contributed by atoms with van der Waals surface area (Å²) in [7, 11) is 3.56. The topological polar surface area (TPSA) is 68.0 Å². The molecule has 2 N–H and O–H groups in total. The van der Waals surface area contributed by atoms with Gasteiger partial charge in [-0.3, -0.25) is 4.98 Å². The van der Waals surface area contributed by atoms with Crippen LogP contribution in [0.2, 0.25) is 0 Å². The summed E-state index contributed by atoms with van der Waals surface area (Å²) >= 11 is 0. The van der Waals surface area contributed by atoms with Crippen LogP contribution in [0.4, 0.5) is 5.69 Å². The minimum Gasteiger partial charge on any atom is -0.497 e. The molecule has 6 heteroatoms. The van der Waals surface area contributed by atoms with Gasteiger partial charge in [0.1, 0.15) is 11.4 Å². The Balaban J connectivity index is 0.000000144. The van der Waals surface area contributed by atoms with Gasteiger partial charge in [-0.2, -0.15) is 5.27 Å². The van der Waals surface area contributed by atoms with Crippen molar-refractivity contribution in [3.63, 3.8) is 0 Å². The van der Waals surface area contributed by atoms with Gasteiger partial charge in [-0.25, -0.2) is 4.68 Å². The molecule has 0 radical (unpaired) electrons. The molecule has 0 saturated carbocycles. The monoisotopic (exact) mass is 334 g/mol. The van der Waals surface area contributed by atoms with Gasteiger partial charge in [0.15, 0.2) is 5.58 Å². The second-order valence-electron chi connectivity index (χ2n) is 5.58. The van der Waals surface area contributed by atoms with E-state index in [1.165, 1.54) is 5.52 Å². The first-order valence-corrected chi connectivity index (χ1v) is 7.93. The molecule has 1 aromatic heterocycles. The Kier molecular flexibility index (Phi) is 3.78. The SMILES string of the molecule is CNc1cnccc1-c1ccc(OC)cc1.c1cc2cc3c1o[nH]n2-3. The number of anilines is 1. The standard InChI is InChI=1S/C13H14N2O.C6H4N2O/c1-14-13-9-15-8-7-12(13)10-3-5-11(16-2)6-4-10;1-2-6-5-3-4(1)8(5)7-9-6/h3-9,14H,1-2H3;1-3,7H. The zero-order valence-electron chi connectivity index (χ0n) is 14.0. The molecular formula is C19H18N4O2. The van der Waals surface area contributed by atoms with Crippen molar-refractivity contribution in [1.29, 1.82) is 0 Å². The number of fused-ring (bicyclic) bond motifs is 1. The molecule has 6 nitrogen and oxygen atoms in total. The average Bonchev–Trinajstić information content (AvgIpc) is 2.90. The number of ether oxygens (including phenoxy) is 1. The highest BCUT2D eigenvalue weighted by Crippen LogP contribution is 2.29. The van der Waals surface area contributed by atoms with E-state index in [0.717, 1.165) is 33.8 Å². The molecule has 0 fully saturated rings. The number of methoxy groups -OCH3 is 1. The molecule has 0 saturated heterocycles. The van der Waals surface area contributed by atoms with Crippen molar-refractivity contribution in [1.82, 2.24) is 14.9 Å². The average molecular weight is 334 g/mol. The van der Waals surface area contributed by atoms with Crippen molar-refractivity contribution in [3.05, 3.63) is 60.9 Å². The Morgan fingerprint density at radius 1 is 1.12 bits per heavy atom. The smallest absolute Gasteiger partial charge is 0.182 e. The van der Waals surface area contributed by atoms with Gasteiger partial charge in [-0.15, -0.1) is 0 Å². The van der Waals surface area contributed by atoms with Crippen molar-refractivity contribution in [2.45, 2.75) is 0 Å². The largest absolute Gasteiger partial charge is 0.497 e. The van der Waals surface area contributed by atoms with E-state index in [9.17, 15) is 0 Å². The van der Waals surface area contributed by atoms with E-state index in [-0.39, 0.29) is 0 Å². The number of H-pyrrole nitrogens is 1. The Morgan fingerprint density at radius 3 is 2.60 bits per heavy atom. The maximum Gasteiger partial charge on any atom is 0.182 e.